The molecule has 2 atom stereocenters. The van der Waals surface area contributed by atoms with Crippen LogP contribution in [-0.2, 0) is 6.42 Å². The van der Waals surface area contributed by atoms with Crippen LogP contribution < -0.4 is 5.73 Å². The number of guanidine groups is 2. The van der Waals surface area contributed by atoms with Gasteiger partial charge in [0, 0.05) is 26.2 Å². The van der Waals surface area contributed by atoms with Gasteiger partial charge < -0.3 is 20.4 Å². The number of halogens is 1. The smallest absolute Gasteiger partial charge is 0.194 e. The topological polar surface area (TPSA) is 72.0 Å². The van der Waals surface area contributed by atoms with Gasteiger partial charge >= 0.3 is 0 Å². The van der Waals surface area contributed by atoms with Crippen LogP contribution in [0.3, 0.4) is 0 Å². The van der Waals surface area contributed by atoms with Crippen molar-refractivity contribution in [1.29, 1.82) is 5.41 Å². The van der Waals surface area contributed by atoms with Crippen LogP contribution in [0, 0.1) is 34.4 Å². The van der Waals surface area contributed by atoms with Crippen LogP contribution >= 0.6 is 0 Å². The van der Waals surface area contributed by atoms with Gasteiger partial charge in [0.05, 0.1) is 18.6 Å². The summed E-state index contributed by atoms with van der Waals surface area (Å²) in [7, 11) is 0. The van der Waals surface area contributed by atoms with Crippen molar-refractivity contribution >= 4 is 11.9 Å². The number of nitrogens with zero attached hydrogens (tertiary/aromatic N) is 4. The molecule has 3 N–H and O–H groups in total. The summed E-state index contributed by atoms with van der Waals surface area (Å²) >= 11 is 0. The molecule has 2 aliphatic carbocycles. The van der Waals surface area contributed by atoms with E-state index >= 15 is 0 Å². The molecule has 234 valence electrons. The second-order valence-electron chi connectivity index (χ2n) is 14.9. The number of hydrogen-bond donors (Lipinski definition) is 2. The summed E-state index contributed by atoms with van der Waals surface area (Å²) in [4.78, 5) is 11.7. The minimum atomic E-state index is -0.184. The summed E-state index contributed by atoms with van der Waals surface area (Å²) in [5, 5.41) is 9.26. The maximum atomic E-state index is 13.6. The molecule has 1 aromatic carbocycles. The van der Waals surface area contributed by atoms with E-state index in [0.717, 1.165) is 87.7 Å². The van der Waals surface area contributed by atoms with Crippen molar-refractivity contribution in [3.05, 3.63) is 35.6 Å². The Kier molecular flexibility index (Phi) is 10.4. The molecule has 6 nitrogen and oxygen atoms in total. The van der Waals surface area contributed by atoms with Crippen molar-refractivity contribution in [2.45, 2.75) is 116 Å². The lowest BCUT2D eigenvalue weighted by Crippen LogP contribution is -2.44. The molecule has 0 unspecified atom stereocenters. The first-order valence-electron chi connectivity index (χ1n) is 17.1. The fourth-order valence-electron chi connectivity index (χ4n) is 8.32. The van der Waals surface area contributed by atoms with Crippen LogP contribution in [0.1, 0.15) is 103 Å². The van der Waals surface area contributed by atoms with Crippen LogP contribution in [0.2, 0.25) is 0 Å². The van der Waals surface area contributed by atoms with E-state index in [4.69, 9.17) is 5.73 Å². The molecular formula is C35H57FN6. The van der Waals surface area contributed by atoms with E-state index in [9.17, 15) is 9.80 Å². The normalized spacial score (nSPS) is 27.7. The Labute approximate surface area is 254 Å². The van der Waals surface area contributed by atoms with Crippen molar-refractivity contribution in [2.75, 3.05) is 32.7 Å². The third kappa shape index (κ3) is 7.79. The van der Waals surface area contributed by atoms with E-state index in [1.807, 2.05) is 6.07 Å². The quantitative estimate of drug-likeness (QED) is 0.280. The van der Waals surface area contributed by atoms with Crippen LogP contribution in [0.25, 0.3) is 0 Å². The number of aliphatic imine (C=N–C) groups is 1. The lowest BCUT2D eigenvalue weighted by Gasteiger charge is -2.40. The van der Waals surface area contributed by atoms with E-state index < -0.39 is 0 Å². The van der Waals surface area contributed by atoms with Crippen molar-refractivity contribution in [1.82, 2.24) is 14.7 Å². The molecule has 4 aliphatic rings. The average molecular weight is 581 g/mol. The van der Waals surface area contributed by atoms with Gasteiger partial charge in [0.15, 0.2) is 11.9 Å². The zero-order valence-electron chi connectivity index (χ0n) is 26.7. The fraction of sp³-hybridized carbons (Fsp3) is 0.771. The van der Waals surface area contributed by atoms with Gasteiger partial charge in [-0.1, -0.05) is 52.2 Å². The Morgan fingerprint density at radius 3 is 2.45 bits per heavy atom. The van der Waals surface area contributed by atoms with Gasteiger partial charge in [-0.05, 0) is 105 Å². The maximum Gasteiger partial charge on any atom is 0.194 e. The first-order chi connectivity index (χ1) is 20.2. The molecule has 2 aliphatic heterocycles. The zero-order valence-corrected chi connectivity index (χ0v) is 26.7. The number of hydrogen-bond acceptors (Lipinski definition) is 4. The highest BCUT2D eigenvalue weighted by Crippen LogP contribution is 2.41. The lowest BCUT2D eigenvalue weighted by molar-refractivity contribution is 0.122. The third-order valence-corrected chi connectivity index (χ3v) is 11.0. The largest absolute Gasteiger partial charge is 0.370 e. The Morgan fingerprint density at radius 1 is 0.976 bits per heavy atom. The van der Waals surface area contributed by atoms with E-state index in [-0.39, 0.29) is 5.82 Å². The van der Waals surface area contributed by atoms with Gasteiger partial charge in [-0.15, -0.1) is 0 Å². The molecular weight excluding hydrogens is 523 g/mol. The first-order valence-corrected chi connectivity index (χ1v) is 17.1. The molecule has 42 heavy (non-hydrogen) atoms. The maximum absolute atomic E-state index is 13.6. The predicted molar refractivity (Wildman–Crippen MR) is 172 cm³/mol. The van der Waals surface area contributed by atoms with Crippen LogP contribution in [0.15, 0.2) is 29.3 Å². The van der Waals surface area contributed by atoms with Gasteiger partial charge in [-0.3, -0.25) is 10.4 Å². The van der Waals surface area contributed by atoms with Crippen LogP contribution in [-0.4, -0.2) is 71.4 Å². The minimum Gasteiger partial charge on any atom is -0.370 e. The standard InChI is InChI=1S/C35H57FN6/c1-35(2,3)29-17-15-27(16-18-29)24-42-32(28-11-5-4-6-12-28)25-40(34(42)38)20-8-7-14-31-23-39-33(37)41(31)21-19-26-10-9-13-30(36)22-26/h9-10,13,22,27-29,31-32,38H,4-8,11-12,14-21,23-25H2,1-3H3,(H2,37,39)/t27?,29?,31-,32-/m0/s1. The summed E-state index contributed by atoms with van der Waals surface area (Å²) < 4.78 is 13.6. The second-order valence-corrected chi connectivity index (χ2v) is 14.9. The van der Waals surface area contributed by atoms with E-state index in [0.29, 0.717) is 23.5 Å². The van der Waals surface area contributed by atoms with Crippen molar-refractivity contribution in [3.63, 3.8) is 0 Å². The molecule has 2 heterocycles. The minimum absolute atomic E-state index is 0.184. The average Bonchev–Trinajstić information content (AvgIpc) is 3.48. The van der Waals surface area contributed by atoms with E-state index in [1.54, 1.807) is 12.1 Å². The van der Waals surface area contributed by atoms with Crippen LogP contribution in [0.4, 0.5) is 4.39 Å². The fourth-order valence-corrected chi connectivity index (χ4v) is 8.32. The third-order valence-electron chi connectivity index (χ3n) is 11.0. The molecule has 0 amide bonds. The number of nitrogens with two attached hydrogens (primary N) is 1. The number of benzene rings is 1. The summed E-state index contributed by atoms with van der Waals surface area (Å²) in [5.41, 5.74) is 7.67. The molecule has 7 heteroatoms. The Morgan fingerprint density at radius 2 is 1.74 bits per heavy atom. The molecule has 2 saturated carbocycles. The molecule has 0 bridgehead atoms. The molecule has 5 rings (SSSR count). The second kappa shape index (κ2) is 14.0. The number of nitrogens with one attached hydrogen (secondary N) is 1. The zero-order chi connectivity index (χ0) is 29.7. The lowest BCUT2D eigenvalue weighted by atomic mass is 9.69. The summed E-state index contributed by atoms with van der Waals surface area (Å²) in [6, 6.07) is 7.71. The Hall–Kier alpha value is -2.31. The molecule has 0 aromatic heterocycles. The first kappa shape index (κ1) is 31.1. The van der Waals surface area contributed by atoms with E-state index in [1.165, 1.54) is 63.9 Å². The highest BCUT2D eigenvalue weighted by Gasteiger charge is 2.41. The molecule has 1 saturated heterocycles. The summed E-state index contributed by atoms with van der Waals surface area (Å²) in [5.74, 6) is 3.57. The van der Waals surface area contributed by atoms with Crippen molar-refractivity contribution in [2.24, 2.45) is 33.9 Å². The summed E-state index contributed by atoms with van der Waals surface area (Å²) in [6.07, 6.45) is 16.2. The highest BCUT2D eigenvalue weighted by molar-refractivity contribution is 5.80. The summed E-state index contributed by atoms with van der Waals surface area (Å²) in [6.45, 7) is 11.9. The predicted octanol–water partition coefficient (Wildman–Crippen LogP) is 6.89. The van der Waals surface area contributed by atoms with Crippen molar-refractivity contribution < 1.29 is 4.39 Å². The SMILES string of the molecule is CC(C)(C)C1CCC(CN2C(=N)N(CCCC[C@H]3CN=C(N)N3CCc3cccc(F)c3)C[C@H]2C2CCCCC2)CC1. The molecule has 0 radical (unpaired) electrons. The van der Waals surface area contributed by atoms with Gasteiger partial charge in [-0.25, -0.2) is 4.39 Å². The van der Waals surface area contributed by atoms with Crippen molar-refractivity contribution in [3.8, 4) is 0 Å². The van der Waals surface area contributed by atoms with Crippen LogP contribution in [0.5, 0.6) is 0 Å². The van der Waals surface area contributed by atoms with E-state index in [2.05, 4.69) is 40.5 Å². The van der Waals surface area contributed by atoms with Gasteiger partial charge in [0.1, 0.15) is 5.82 Å². The molecule has 0 spiro atoms. The van der Waals surface area contributed by atoms with Gasteiger partial charge in [-0.2, -0.15) is 0 Å². The highest BCUT2D eigenvalue weighted by atomic mass is 19.1. The number of rotatable bonds is 11. The Balaban J connectivity index is 1.11. The number of unbranched alkanes of at least 4 members (excludes halogenated alkanes) is 1. The Bertz CT molecular complexity index is 1050. The monoisotopic (exact) mass is 580 g/mol. The van der Waals surface area contributed by atoms with Gasteiger partial charge in [0.2, 0.25) is 0 Å². The molecule has 3 fully saturated rings. The van der Waals surface area contributed by atoms with Gasteiger partial charge in [0.25, 0.3) is 0 Å². The molecule has 1 aromatic rings.